The first kappa shape index (κ1) is 10.7. The van der Waals surface area contributed by atoms with Crippen LogP contribution in [0, 0.1) is 0 Å². The minimum absolute atomic E-state index is 0.408. The first-order valence-corrected chi connectivity index (χ1v) is 5.84. The molecule has 0 amide bonds. The SMILES string of the molecule is CNCC(c1ccco1)N1CCCCC1. The van der Waals surface area contributed by atoms with Gasteiger partial charge < -0.3 is 9.73 Å². The predicted molar refractivity (Wildman–Crippen MR) is 60.8 cm³/mol. The zero-order valence-corrected chi connectivity index (χ0v) is 9.41. The number of hydrogen-bond donors (Lipinski definition) is 1. The molecule has 2 heterocycles. The van der Waals surface area contributed by atoms with Crippen LogP contribution < -0.4 is 5.32 Å². The van der Waals surface area contributed by atoms with E-state index < -0.39 is 0 Å². The molecular formula is C12H20N2O. The van der Waals surface area contributed by atoms with Crippen molar-refractivity contribution < 1.29 is 4.42 Å². The summed E-state index contributed by atoms with van der Waals surface area (Å²) >= 11 is 0. The Balaban J connectivity index is 2.04. The minimum atomic E-state index is 0.408. The van der Waals surface area contributed by atoms with E-state index in [2.05, 4.69) is 16.3 Å². The number of likely N-dealkylation sites (tertiary alicyclic amines) is 1. The average Bonchev–Trinajstić information content (AvgIpc) is 2.80. The maximum Gasteiger partial charge on any atom is 0.122 e. The fourth-order valence-electron chi connectivity index (χ4n) is 2.31. The Morgan fingerprint density at radius 2 is 2.20 bits per heavy atom. The van der Waals surface area contributed by atoms with E-state index in [1.165, 1.54) is 32.4 Å². The third-order valence-corrected chi connectivity index (χ3v) is 3.10. The molecule has 1 fully saturated rings. The minimum Gasteiger partial charge on any atom is -0.468 e. The Kier molecular flexibility index (Phi) is 3.80. The molecule has 3 nitrogen and oxygen atoms in total. The molecule has 1 unspecified atom stereocenters. The highest BCUT2D eigenvalue weighted by Crippen LogP contribution is 2.24. The molecule has 0 saturated carbocycles. The van der Waals surface area contributed by atoms with Gasteiger partial charge in [-0.25, -0.2) is 0 Å². The summed E-state index contributed by atoms with van der Waals surface area (Å²) in [6.07, 6.45) is 5.78. The van der Waals surface area contributed by atoms with Crippen molar-refractivity contribution in [1.82, 2.24) is 10.2 Å². The van der Waals surface area contributed by atoms with Crippen molar-refractivity contribution >= 4 is 0 Å². The van der Waals surface area contributed by atoms with Crippen LogP contribution in [-0.4, -0.2) is 31.6 Å². The van der Waals surface area contributed by atoms with Gasteiger partial charge >= 0.3 is 0 Å². The van der Waals surface area contributed by atoms with Gasteiger partial charge in [0.05, 0.1) is 12.3 Å². The van der Waals surface area contributed by atoms with Crippen molar-refractivity contribution in [3.8, 4) is 0 Å². The van der Waals surface area contributed by atoms with E-state index in [4.69, 9.17) is 4.42 Å². The molecule has 1 aliphatic rings. The molecule has 1 N–H and O–H groups in total. The number of likely N-dealkylation sites (N-methyl/N-ethyl adjacent to an activating group) is 1. The number of hydrogen-bond acceptors (Lipinski definition) is 3. The Morgan fingerprint density at radius 3 is 2.80 bits per heavy atom. The third-order valence-electron chi connectivity index (χ3n) is 3.10. The number of rotatable bonds is 4. The summed E-state index contributed by atoms with van der Waals surface area (Å²) in [5.41, 5.74) is 0. The van der Waals surface area contributed by atoms with Gasteiger partial charge in [0.2, 0.25) is 0 Å². The number of piperidine rings is 1. The second kappa shape index (κ2) is 5.33. The third kappa shape index (κ3) is 2.61. The van der Waals surface area contributed by atoms with Crippen LogP contribution >= 0.6 is 0 Å². The molecule has 2 rings (SSSR count). The normalized spacial score (nSPS) is 20.3. The van der Waals surface area contributed by atoms with Crippen LogP contribution in [0.4, 0.5) is 0 Å². The van der Waals surface area contributed by atoms with E-state index >= 15 is 0 Å². The summed E-state index contributed by atoms with van der Waals surface area (Å²) in [5, 5.41) is 3.25. The van der Waals surface area contributed by atoms with Crippen LogP contribution in [0.2, 0.25) is 0 Å². The molecule has 1 aromatic rings. The molecule has 1 saturated heterocycles. The molecule has 84 valence electrons. The van der Waals surface area contributed by atoms with Crippen molar-refractivity contribution in [2.45, 2.75) is 25.3 Å². The zero-order chi connectivity index (χ0) is 10.5. The molecule has 1 aliphatic heterocycles. The fourth-order valence-corrected chi connectivity index (χ4v) is 2.31. The van der Waals surface area contributed by atoms with Crippen LogP contribution in [0.1, 0.15) is 31.1 Å². The summed E-state index contributed by atoms with van der Waals surface area (Å²) in [7, 11) is 2.00. The summed E-state index contributed by atoms with van der Waals surface area (Å²) in [6.45, 7) is 3.37. The lowest BCUT2D eigenvalue weighted by molar-refractivity contribution is 0.144. The number of furan rings is 1. The summed E-state index contributed by atoms with van der Waals surface area (Å²) in [5.74, 6) is 1.09. The quantitative estimate of drug-likeness (QED) is 0.820. The van der Waals surface area contributed by atoms with Gasteiger partial charge in [-0.05, 0) is 45.1 Å². The first-order chi connectivity index (χ1) is 7.42. The highest BCUT2D eigenvalue weighted by molar-refractivity contribution is 5.05. The molecule has 0 bridgehead atoms. The van der Waals surface area contributed by atoms with E-state index in [1.54, 1.807) is 6.26 Å². The Bertz CT molecular complexity index is 265. The second-order valence-electron chi connectivity index (χ2n) is 4.19. The molecule has 3 heteroatoms. The monoisotopic (exact) mass is 208 g/mol. The van der Waals surface area contributed by atoms with Gasteiger partial charge in [0.25, 0.3) is 0 Å². The van der Waals surface area contributed by atoms with Crippen LogP contribution in [0.25, 0.3) is 0 Å². The van der Waals surface area contributed by atoms with Crippen LogP contribution in [0.15, 0.2) is 22.8 Å². The summed E-state index contributed by atoms with van der Waals surface area (Å²) in [4.78, 5) is 2.53. The van der Waals surface area contributed by atoms with Gasteiger partial charge in [0.1, 0.15) is 5.76 Å². The number of nitrogens with zero attached hydrogens (tertiary/aromatic N) is 1. The molecule has 15 heavy (non-hydrogen) atoms. The lowest BCUT2D eigenvalue weighted by Crippen LogP contribution is -2.38. The van der Waals surface area contributed by atoms with Crippen molar-refractivity contribution in [2.75, 3.05) is 26.7 Å². The van der Waals surface area contributed by atoms with Crippen molar-refractivity contribution in [2.24, 2.45) is 0 Å². The Labute approximate surface area is 91.4 Å². The van der Waals surface area contributed by atoms with E-state index in [1.807, 2.05) is 13.1 Å². The molecule has 0 aliphatic carbocycles. The standard InChI is InChI=1S/C12H20N2O/c1-13-10-11(12-6-5-9-15-12)14-7-3-2-4-8-14/h5-6,9,11,13H,2-4,7-8,10H2,1H3. The molecule has 0 spiro atoms. The Morgan fingerprint density at radius 1 is 1.40 bits per heavy atom. The van der Waals surface area contributed by atoms with Gasteiger partial charge in [0.15, 0.2) is 0 Å². The smallest absolute Gasteiger partial charge is 0.122 e. The second-order valence-corrected chi connectivity index (χ2v) is 4.19. The average molecular weight is 208 g/mol. The zero-order valence-electron chi connectivity index (χ0n) is 9.41. The lowest BCUT2D eigenvalue weighted by Gasteiger charge is -2.33. The maximum atomic E-state index is 5.52. The van der Waals surface area contributed by atoms with E-state index in [9.17, 15) is 0 Å². The lowest BCUT2D eigenvalue weighted by atomic mass is 10.1. The maximum absolute atomic E-state index is 5.52. The van der Waals surface area contributed by atoms with Gasteiger partial charge in [-0.15, -0.1) is 0 Å². The topological polar surface area (TPSA) is 28.4 Å². The predicted octanol–water partition coefficient (Wildman–Crippen LogP) is 2.03. The van der Waals surface area contributed by atoms with Gasteiger partial charge in [-0.1, -0.05) is 6.42 Å². The Hall–Kier alpha value is -0.800. The molecule has 0 radical (unpaired) electrons. The van der Waals surface area contributed by atoms with Crippen LogP contribution in [-0.2, 0) is 0 Å². The molecule has 0 aromatic carbocycles. The highest BCUT2D eigenvalue weighted by atomic mass is 16.3. The van der Waals surface area contributed by atoms with Crippen molar-refractivity contribution in [3.05, 3.63) is 24.2 Å². The van der Waals surface area contributed by atoms with Crippen molar-refractivity contribution in [3.63, 3.8) is 0 Å². The van der Waals surface area contributed by atoms with Gasteiger partial charge in [-0.2, -0.15) is 0 Å². The van der Waals surface area contributed by atoms with Crippen LogP contribution in [0.5, 0.6) is 0 Å². The van der Waals surface area contributed by atoms with Crippen LogP contribution in [0.3, 0.4) is 0 Å². The summed E-state index contributed by atoms with van der Waals surface area (Å²) in [6, 6.07) is 4.46. The largest absolute Gasteiger partial charge is 0.468 e. The molecule has 1 aromatic heterocycles. The number of nitrogens with one attached hydrogen (secondary N) is 1. The molecule has 1 atom stereocenters. The van der Waals surface area contributed by atoms with Gasteiger partial charge in [-0.3, -0.25) is 4.90 Å². The fraction of sp³-hybridized carbons (Fsp3) is 0.667. The molecular weight excluding hydrogens is 188 g/mol. The summed E-state index contributed by atoms with van der Waals surface area (Å²) < 4.78 is 5.52. The van der Waals surface area contributed by atoms with E-state index in [-0.39, 0.29) is 0 Å². The van der Waals surface area contributed by atoms with Crippen molar-refractivity contribution in [1.29, 1.82) is 0 Å². The first-order valence-electron chi connectivity index (χ1n) is 5.84. The van der Waals surface area contributed by atoms with E-state index in [0.717, 1.165) is 12.3 Å². The highest BCUT2D eigenvalue weighted by Gasteiger charge is 2.23. The van der Waals surface area contributed by atoms with E-state index in [0.29, 0.717) is 6.04 Å². The van der Waals surface area contributed by atoms with Gasteiger partial charge in [0, 0.05) is 6.54 Å².